The molecule has 0 saturated heterocycles. The molecule has 4 rings (SSSR count). The largest absolute Gasteiger partial charge is 0.360 e. The van der Waals surface area contributed by atoms with Crippen LogP contribution in [0.25, 0.3) is 16.6 Å². The second kappa shape index (κ2) is 7.15. The minimum absolute atomic E-state index is 0.130. The predicted octanol–water partition coefficient (Wildman–Crippen LogP) is 4.17. The Kier molecular flexibility index (Phi) is 4.53. The normalized spacial score (nSPS) is 11.8. The minimum Gasteiger partial charge on any atom is -0.360 e. The summed E-state index contributed by atoms with van der Waals surface area (Å²) in [4.78, 5) is 21.1. The summed E-state index contributed by atoms with van der Waals surface area (Å²) in [6.07, 6.45) is 1.84. The molecule has 2 aromatic carbocycles. The number of benzene rings is 2. The Morgan fingerprint density at radius 3 is 2.68 bits per heavy atom. The van der Waals surface area contributed by atoms with Crippen LogP contribution < -0.4 is 11.0 Å². The third kappa shape index (κ3) is 3.09. The third-order valence-corrected chi connectivity index (χ3v) is 4.90. The molecule has 2 heterocycles. The van der Waals surface area contributed by atoms with Gasteiger partial charge in [0, 0.05) is 6.20 Å². The lowest BCUT2D eigenvalue weighted by Crippen LogP contribution is -2.24. The lowest BCUT2D eigenvalue weighted by atomic mass is 10.1. The summed E-state index contributed by atoms with van der Waals surface area (Å²) >= 11 is 0. The van der Waals surface area contributed by atoms with E-state index >= 15 is 0 Å². The maximum absolute atomic E-state index is 13.3. The van der Waals surface area contributed by atoms with Crippen molar-refractivity contribution >= 4 is 22.6 Å². The molecule has 0 bridgehead atoms. The standard InChI is InChI=1S/C22H21N5O/c1-14-8-6-12-20(15(14)2)27-21(28)17-9-4-5-10-19(17)24-22(27)26-25-16(3)18-11-7-13-23-18/h4-13,23H,1-3H3,(H,24,26)/b25-16+. The molecule has 28 heavy (non-hydrogen) atoms. The lowest BCUT2D eigenvalue weighted by molar-refractivity contribution is 0.943. The lowest BCUT2D eigenvalue weighted by Gasteiger charge is -2.16. The fourth-order valence-corrected chi connectivity index (χ4v) is 3.16. The Balaban J connectivity index is 1.93. The molecule has 0 fully saturated rings. The highest BCUT2D eigenvalue weighted by Gasteiger charge is 2.15. The molecule has 0 saturated carbocycles. The monoisotopic (exact) mass is 371 g/mol. The van der Waals surface area contributed by atoms with Gasteiger partial charge in [-0.15, -0.1) is 0 Å². The second-order valence-electron chi connectivity index (χ2n) is 6.70. The number of H-pyrrole nitrogens is 1. The number of anilines is 1. The molecule has 0 amide bonds. The van der Waals surface area contributed by atoms with Gasteiger partial charge in [0.2, 0.25) is 5.95 Å². The number of nitrogens with zero attached hydrogens (tertiary/aromatic N) is 3. The summed E-state index contributed by atoms with van der Waals surface area (Å²) in [7, 11) is 0. The van der Waals surface area contributed by atoms with E-state index in [1.807, 2.05) is 75.5 Å². The summed E-state index contributed by atoms with van der Waals surface area (Å²) in [6.45, 7) is 5.92. The first-order valence-electron chi connectivity index (χ1n) is 9.08. The number of hydrogen-bond acceptors (Lipinski definition) is 4. The van der Waals surface area contributed by atoms with E-state index in [1.165, 1.54) is 0 Å². The van der Waals surface area contributed by atoms with Gasteiger partial charge in [0.05, 0.1) is 28.0 Å². The quantitative estimate of drug-likeness (QED) is 0.418. The highest BCUT2D eigenvalue weighted by molar-refractivity contribution is 5.97. The zero-order valence-electron chi connectivity index (χ0n) is 16.0. The molecule has 0 atom stereocenters. The van der Waals surface area contributed by atoms with Crippen LogP contribution in [0.5, 0.6) is 0 Å². The van der Waals surface area contributed by atoms with Crippen molar-refractivity contribution in [1.82, 2.24) is 14.5 Å². The van der Waals surface area contributed by atoms with E-state index in [-0.39, 0.29) is 5.56 Å². The van der Waals surface area contributed by atoms with Crippen molar-refractivity contribution in [3.8, 4) is 5.69 Å². The number of aryl methyl sites for hydroxylation is 1. The van der Waals surface area contributed by atoms with Crippen LogP contribution in [-0.2, 0) is 0 Å². The summed E-state index contributed by atoms with van der Waals surface area (Å²) in [5.41, 5.74) is 8.08. The van der Waals surface area contributed by atoms with Gasteiger partial charge in [0.15, 0.2) is 0 Å². The fourth-order valence-electron chi connectivity index (χ4n) is 3.16. The maximum Gasteiger partial charge on any atom is 0.267 e. The van der Waals surface area contributed by atoms with Gasteiger partial charge >= 0.3 is 0 Å². The summed E-state index contributed by atoms with van der Waals surface area (Å²) < 4.78 is 1.59. The highest BCUT2D eigenvalue weighted by atomic mass is 16.1. The predicted molar refractivity (Wildman–Crippen MR) is 113 cm³/mol. The van der Waals surface area contributed by atoms with E-state index in [4.69, 9.17) is 0 Å². The Morgan fingerprint density at radius 1 is 1.07 bits per heavy atom. The van der Waals surface area contributed by atoms with Gasteiger partial charge in [-0.2, -0.15) is 5.10 Å². The zero-order chi connectivity index (χ0) is 19.7. The molecule has 140 valence electrons. The van der Waals surface area contributed by atoms with Crippen molar-refractivity contribution in [2.45, 2.75) is 20.8 Å². The van der Waals surface area contributed by atoms with Gasteiger partial charge in [-0.25, -0.2) is 15.0 Å². The molecule has 0 aliphatic heterocycles. The zero-order valence-corrected chi connectivity index (χ0v) is 16.0. The molecule has 0 aliphatic carbocycles. The number of hydrazone groups is 1. The van der Waals surface area contributed by atoms with Crippen molar-refractivity contribution < 1.29 is 0 Å². The molecule has 2 N–H and O–H groups in total. The molecule has 6 nitrogen and oxygen atoms in total. The number of fused-ring (bicyclic) bond motifs is 1. The number of rotatable bonds is 4. The Bertz CT molecular complexity index is 1240. The SMILES string of the molecule is C/C(=N\Nc1nc2ccccc2c(=O)n1-c1cccc(C)c1C)c1ccc[nH]1. The van der Waals surface area contributed by atoms with Crippen LogP contribution in [0.3, 0.4) is 0 Å². The molecular formula is C22H21N5O. The van der Waals surface area contributed by atoms with E-state index in [1.54, 1.807) is 10.6 Å². The van der Waals surface area contributed by atoms with E-state index in [0.717, 1.165) is 28.2 Å². The first-order valence-corrected chi connectivity index (χ1v) is 9.08. The van der Waals surface area contributed by atoms with E-state index in [2.05, 4.69) is 20.5 Å². The average molecular weight is 371 g/mol. The van der Waals surface area contributed by atoms with Gasteiger partial charge < -0.3 is 4.98 Å². The molecular weight excluding hydrogens is 350 g/mol. The van der Waals surface area contributed by atoms with Crippen LogP contribution >= 0.6 is 0 Å². The van der Waals surface area contributed by atoms with E-state index in [9.17, 15) is 4.79 Å². The first-order chi connectivity index (χ1) is 13.6. The van der Waals surface area contributed by atoms with Gasteiger partial charge in [-0.1, -0.05) is 24.3 Å². The molecule has 0 aliphatic rings. The minimum atomic E-state index is -0.130. The number of hydrogen-bond donors (Lipinski definition) is 2. The molecule has 0 radical (unpaired) electrons. The Morgan fingerprint density at radius 2 is 1.89 bits per heavy atom. The van der Waals surface area contributed by atoms with Crippen LogP contribution in [0.15, 0.2) is 70.7 Å². The molecule has 0 unspecified atom stereocenters. The van der Waals surface area contributed by atoms with Crippen molar-refractivity contribution in [2.24, 2.45) is 5.10 Å². The number of aromatic nitrogens is 3. The molecule has 6 heteroatoms. The van der Waals surface area contributed by atoms with Gasteiger partial charge in [0.1, 0.15) is 0 Å². The number of aromatic amines is 1. The van der Waals surface area contributed by atoms with Crippen LogP contribution in [0.1, 0.15) is 23.7 Å². The fraction of sp³-hybridized carbons (Fsp3) is 0.136. The van der Waals surface area contributed by atoms with Crippen molar-refractivity contribution in [3.05, 3.63) is 88.0 Å². The van der Waals surface area contributed by atoms with Gasteiger partial charge in [-0.3, -0.25) is 4.79 Å². The third-order valence-electron chi connectivity index (χ3n) is 4.90. The van der Waals surface area contributed by atoms with Crippen molar-refractivity contribution in [2.75, 3.05) is 5.43 Å². The summed E-state index contributed by atoms with van der Waals surface area (Å²) in [5, 5.41) is 5.00. The summed E-state index contributed by atoms with van der Waals surface area (Å²) in [6, 6.07) is 17.1. The topological polar surface area (TPSA) is 75.1 Å². The van der Waals surface area contributed by atoms with Crippen LogP contribution in [-0.4, -0.2) is 20.2 Å². The van der Waals surface area contributed by atoms with Gasteiger partial charge in [0.25, 0.3) is 5.56 Å². The Hall–Kier alpha value is -3.67. The van der Waals surface area contributed by atoms with E-state index < -0.39 is 0 Å². The molecule has 2 aromatic heterocycles. The highest BCUT2D eigenvalue weighted by Crippen LogP contribution is 2.21. The smallest absolute Gasteiger partial charge is 0.267 e. The van der Waals surface area contributed by atoms with Crippen LogP contribution in [0.2, 0.25) is 0 Å². The Labute approximate surface area is 162 Å². The number of nitrogens with one attached hydrogen (secondary N) is 2. The van der Waals surface area contributed by atoms with Gasteiger partial charge in [-0.05, 0) is 62.2 Å². The van der Waals surface area contributed by atoms with Crippen LogP contribution in [0.4, 0.5) is 5.95 Å². The van der Waals surface area contributed by atoms with Crippen LogP contribution in [0, 0.1) is 13.8 Å². The van der Waals surface area contributed by atoms with E-state index in [0.29, 0.717) is 16.9 Å². The number of para-hydroxylation sites is 1. The first kappa shape index (κ1) is 17.7. The molecule has 0 spiro atoms. The second-order valence-corrected chi connectivity index (χ2v) is 6.70. The summed E-state index contributed by atoms with van der Waals surface area (Å²) in [5.74, 6) is 0.378. The maximum atomic E-state index is 13.3. The van der Waals surface area contributed by atoms with Crippen molar-refractivity contribution in [3.63, 3.8) is 0 Å². The molecule has 4 aromatic rings. The van der Waals surface area contributed by atoms with Crippen molar-refractivity contribution in [1.29, 1.82) is 0 Å². The average Bonchev–Trinajstić information content (AvgIpc) is 3.24.